The molecule has 2 nitrogen and oxygen atoms in total. The molecule has 0 radical (unpaired) electrons. The normalized spacial score (nSPS) is 25.4. The van der Waals surface area contributed by atoms with Crippen LogP contribution in [0.5, 0.6) is 0 Å². The highest BCUT2D eigenvalue weighted by Gasteiger charge is 2.20. The maximum absolute atomic E-state index is 8.99. The fourth-order valence-electron chi connectivity index (χ4n) is 2.87. The number of aliphatic hydroxyl groups excluding tert-OH is 1. The van der Waals surface area contributed by atoms with E-state index in [1.54, 1.807) is 0 Å². The van der Waals surface area contributed by atoms with Gasteiger partial charge in [-0.2, -0.15) is 0 Å². The molecule has 0 fully saturated rings. The topological polar surface area (TPSA) is 29.5 Å². The van der Waals surface area contributed by atoms with Crippen LogP contribution in [0.15, 0.2) is 24.3 Å². The van der Waals surface area contributed by atoms with Crippen molar-refractivity contribution in [1.82, 2.24) is 0 Å². The Morgan fingerprint density at radius 1 is 1.45 bits per heavy atom. The standard InChI is InChI=1S/C17H32O2S/c1-14(11-15(2)13-20(3,4)5)12-17-8-6-7-16(19-17)9-10-18/h6-7,14,16-18H,2,8-13H2,1,3-5H3/t14-,16-,17-/m0/s1. The SMILES string of the molecule is C=C(C[C@H](C)C[C@@H]1CC=C[C@@H](CCO)O1)CS(C)(C)C. The van der Waals surface area contributed by atoms with Gasteiger partial charge in [-0.1, -0.05) is 31.2 Å². The Kier molecular flexibility index (Phi) is 7.35. The molecule has 1 heterocycles. The Morgan fingerprint density at radius 2 is 2.15 bits per heavy atom. The Labute approximate surface area is 126 Å². The molecular formula is C17H32O2S. The van der Waals surface area contributed by atoms with Crippen LogP contribution in [0.1, 0.15) is 32.6 Å². The van der Waals surface area contributed by atoms with Crippen LogP contribution < -0.4 is 0 Å². The second kappa shape index (κ2) is 8.26. The van der Waals surface area contributed by atoms with Crippen LogP contribution in [-0.4, -0.2) is 48.4 Å². The van der Waals surface area contributed by atoms with E-state index >= 15 is 0 Å². The van der Waals surface area contributed by atoms with Gasteiger partial charge in [0.1, 0.15) is 0 Å². The van der Waals surface area contributed by atoms with Crippen LogP contribution in [0, 0.1) is 5.92 Å². The summed E-state index contributed by atoms with van der Waals surface area (Å²) < 4.78 is 6.01. The average molecular weight is 301 g/mol. The summed E-state index contributed by atoms with van der Waals surface area (Å²) in [7, 11) is -0.488. The molecule has 0 aromatic heterocycles. The fourth-order valence-corrected chi connectivity index (χ4v) is 4.21. The minimum Gasteiger partial charge on any atom is -0.396 e. The zero-order chi connectivity index (χ0) is 15.2. The molecule has 0 aromatic carbocycles. The summed E-state index contributed by atoms with van der Waals surface area (Å²) in [5, 5.41) is 8.99. The summed E-state index contributed by atoms with van der Waals surface area (Å²) in [6, 6.07) is 0. The number of rotatable bonds is 8. The summed E-state index contributed by atoms with van der Waals surface area (Å²) in [6.45, 7) is 6.74. The maximum Gasteiger partial charge on any atom is 0.0781 e. The van der Waals surface area contributed by atoms with Gasteiger partial charge in [-0.3, -0.25) is 0 Å². The van der Waals surface area contributed by atoms with Gasteiger partial charge in [-0.15, -0.1) is 0 Å². The van der Waals surface area contributed by atoms with Crippen molar-refractivity contribution in [2.24, 2.45) is 5.92 Å². The highest BCUT2D eigenvalue weighted by molar-refractivity contribution is 8.32. The molecule has 118 valence electrons. The molecule has 3 heteroatoms. The van der Waals surface area contributed by atoms with Crippen molar-refractivity contribution in [3.05, 3.63) is 24.3 Å². The quantitative estimate of drug-likeness (QED) is 0.692. The summed E-state index contributed by atoms with van der Waals surface area (Å²) in [6.07, 6.45) is 15.6. The lowest BCUT2D eigenvalue weighted by molar-refractivity contribution is -0.0154. The summed E-state index contributed by atoms with van der Waals surface area (Å²) in [5.74, 6) is 1.80. The molecule has 1 rings (SSSR count). The van der Waals surface area contributed by atoms with E-state index in [-0.39, 0.29) is 12.7 Å². The van der Waals surface area contributed by atoms with Crippen LogP contribution in [0.25, 0.3) is 0 Å². The Balaban J connectivity index is 2.33. The maximum atomic E-state index is 8.99. The monoisotopic (exact) mass is 300 g/mol. The number of aliphatic hydroxyl groups is 1. The van der Waals surface area contributed by atoms with E-state index in [9.17, 15) is 0 Å². The second-order valence-electron chi connectivity index (χ2n) is 7.00. The summed E-state index contributed by atoms with van der Waals surface area (Å²) >= 11 is 0. The molecule has 0 spiro atoms. The second-order valence-corrected chi connectivity index (χ2v) is 11.5. The highest BCUT2D eigenvalue weighted by atomic mass is 32.3. The van der Waals surface area contributed by atoms with E-state index in [0.29, 0.717) is 18.4 Å². The molecule has 1 N–H and O–H groups in total. The molecule has 0 bridgehead atoms. The van der Waals surface area contributed by atoms with Gasteiger partial charge in [0.25, 0.3) is 0 Å². The lowest BCUT2D eigenvalue weighted by atomic mass is 9.94. The predicted octanol–water partition coefficient (Wildman–Crippen LogP) is 3.75. The highest BCUT2D eigenvalue weighted by Crippen LogP contribution is 2.38. The molecule has 1 aliphatic rings. The van der Waals surface area contributed by atoms with Crippen molar-refractivity contribution in [3.8, 4) is 0 Å². The first kappa shape index (κ1) is 17.8. The lowest BCUT2D eigenvalue weighted by Gasteiger charge is -2.30. The predicted molar refractivity (Wildman–Crippen MR) is 91.9 cm³/mol. The first-order valence-electron chi connectivity index (χ1n) is 7.56. The third-order valence-electron chi connectivity index (χ3n) is 3.47. The third-order valence-corrected chi connectivity index (χ3v) is 4.74. The van der Waals surface area contributed by atoms with E-state index in [2.05, 4.69) is 44.4 Å². The van der Waals surface area contributed by atoms with Gasteiger partial charge in [-0.25, -0.2) is 10.0 Å². The van der Waals surface area contributed by atoms with E-state index in [1.807, 2.05) is 0 Å². The number of ether oxygens (including phenoxy) is 1. The third kappa shape index (κ3) is 7.51. The van der Waals surface area contributed by atoms with Gasteiger partial charge in [0.2, 0.25) is 0 Å². The van der Waals surface area contributed by atoms with Crippen molar-refractivity contribution in [3.63, 3.8) is 0 Å². The van der Waals surface area contributed by atoms with Crippen LogP contribution in [0.3, 0.4) is 0 Å². The van der Waals surface area contributed by atoms with Gasteiger partial charge in [0.05, 0.1) is 12.2 Å². The first-order valence-corrected chi connectivity index (χ1v) is 10.6. The summed E-state index contributed by atoms with van der Waals surface area (Å²) in [5.41, 5.74) is 1.39. The van der Waals surface area contributed by atoms with Crippen LogP contribution in [0.4, 0.5) is 0 Å². The Hall–Kier alpha value is -0.250. The minimum atomic E-state index is -0.488. The molecule has 3 atom stereocenters. The smallest absolute Gasteiger partial charge is 0.0781 e. The van der Waals surface area contributed by atoms with Crippen LogP contribution >= 0.6 is 10.0 Å². The average Bonchev–Trinajstić information content (AvgIpc) is 2.26. The van der Waals surface area contributed by atoms with Gasteiger partial charge < -0.3 is 9.84 Å². The van der Waals surface area contributed by atoms with E-state index in [4.69, 9.17) is 9.84 Å². The van der Waals surface area contributed by atoms with Crippen molar-refractivity contribution in [2.75, 3.05) is 31.1 Å². The number of hydrogen-bond acceptors (Lipinski definition) is 2. The molecule has 0 aromatic rings. The molecule has 0 saturated carbocycles. The molecule has 0 unspecified atom stereocenters. The molecule has 0 aliphatic carbocycles. The van der Waals surface area contributed by atoms with E-state index < -0.39 is 10.0 Å². The van der Waals surface area contributed by atoms with Crippen molar-refractivity contribution in [2.45, 2.75) is 44.8 Å². The molecule has 0 amide bonds. The summed E-state index contributed by atoms with van der Waals surface area (Å²) in [4.78, 5) is 0. The lowest BCUT2D eigenvalue weighted by Crippen LogP contribution is -2.26. The number of hydrogen-bond donors (Lipinski definition) is 1. The van der Waals surface area contributed by atoms with Gasteiger partial charge in [0, 0.05) is 13.0 Å². The fraction of sp³-hybridized carbons (Fsp3) is 0.765. The van der Waals surface area contributed by atoms with E-state index in [1.165, 1.54) is 11.3 Å². The molecule has 1 aliphatic heterocycles. The van der Waals surface area contributed by atoms with E-state index in [0.717, 1.165) is 19.3 Å². The first-order chi connectivity index (χ1) is 9.30. The zero-order valence-corrected chi connectivity index (χ0v) is 14.4. The largest absolute Gasteiger partial charge is 0.396 e. The van der Waals surface area contributed by atoms with Crippen LogP contribution in [0.2, 0.25) is 0 Å². The molecule has 20 heavy (non-hydrogen) atoms. The van der Waals surface area contributed by atoms with Crippen molar-refractivity contribution < 1.29 is 9.84 Å². The van der Waals surface area contributed by atoms with Gasteiger partial charge >= 0.3 is 0 Å². The zero-order valence-electron chi connectivity index (χ0n) is 13.6. The Bertz CT molecular complexity index is 330. The van der Waals surface area contributed by atoms with Gasteiger partial charge in [0.15, 0.2) is 0 Å². The van der Waals surface area contributed by atoms with Crippen molar-refractivity contribution in [1.29, 1.82) is 0 Å². The van der Waals surface area contributed by atoms with Crippen molar-refractivity contribution >= 4 is 10.0 Å². The minimum absolute atomic E-state index is 0.105. The molecular weight excluding hydrogens is 268 g/mol. The Morgan fingerprint density at radius 3 is 2.75 bits per heavy atom. The van der Waals surface area contributed by atoms with Gasteiger partial charge in [-0.05, 0) is 49.7 Å². The van der Waals surface area contributed by atoms with Crippen LogP contribution in [-0.2, 0) is 4.74 Å². The molecule has 0 saturated heterocycles.